The first kappa shape index (κ1) is 15.6. The predicted octanol–water partition coefficient (Wildman–Crippen LogP) is 4.70. The van der Waals surface area contributed by atoms with Crippen molar-refractivity contribution < 1.29 is 5.11 Å². The molecule has 3 heteroatoms. The average molecular weight is 322 g/mol. The number of hydrogen-bond acceptors (Lipinski definition) is 2. The van der Waals surface area contributed by atoms with E-state index in [1.165, 1.54) is 54.5 Å². The monoisotopic (exact) mass is 322 g/mol. The van der Waals surface area contributed by atoms with Gasteiger partial charge in [-0.25, -0.2) is 4.98 Å². The first-order valence-corrected chi connectivity index (χ1v) is 9.22. The molecule has 1 aromatic carbocycles. The van der Waals surface area contributed by atoms with E-state index in [0.717, 1.165) is 6.42 Å². The lowest BCUT2D eigenvalue weighted by atomic mass is 9.81. The zero-order chi connectivity index (χ0) is 16.5. The molecule has 1 N–H and O–H groups in total. The Morgan fingerprint density at radius 3 is 2.67 bits per heavy atom. The summed E-state index contributed by atoms with van der Waals surface area (Å²) in [5.41, 5.74) is 5.09. The number of fused-ring (bicyclic) bond motifs is 1. The molecule has 0 bridgehead atoms. The van der Waals surface area contributed by atoms with Crippen LogP contribution in [0.15, 0.2) is 42.9 Å². The number of imidazole rings is 1. The van der Waals surface area contributed by atoms with E-state index in [4.69, 9.17) is 0 Å². The van der Waals surface area contributed by atoms with E-state index < -0.39 is 0 Å². The second-order valence-electron chi connectivity index (χ2n) is 7.31. The van der Waals surface area contributed by atoms with Crippen LogP contribution >= 0.6 is 0 Å². The molecule has 2 aliphatic rings. The lowest BCUT2D eigenvalue weighted by Crippen LogP contribution is -2.26. The Labute approximate surface area is 144 Å². The highest BCUT2D eigenvalue weighted by atomic mass is 16.3. The molecular weight excluding hydrogens is 296 g/mol. The highest BCUT2D eigenvalue weighted by molar-refractivity contribution is 5.93. The van der Waals surface area contributed by atoms with Crippen LogP contribution in [0.2, 0.25) is 0 Å². The van der Waals surface area contributed by atoms with E-state index in [1.807, 2.05) is 12.5 Å². The lowest BCUT2D eigenvalue weighted by Gasteiger charge is -2.29. The van der Waals surface area contributed by atoms with Crippen molar-refractivity contribution in [2.45, 2.75) is 57.6 Å². The predicted molar refractivity (Wildman–Crippen MR) is 97.4 cm³/mol. The van der Waals surface area contributed by atoms with Crippen LogP contribution in [0, 0.1) is 5.92 Å². The maximum atomic E-state index is 10.9. The Bertz CT molecular complexity index is 725. The smallest absolute Gasteiger partial charge is 0.0956 e. The molecule has 2 atom stereocenters. The fourth-order valence-corrected chi connectivity index (χ4v) is 4.57. The van der Waals surface area contributed by atoms with Gasteiger partial charge in [0.25, 0.3) is 0 Å². The van der Waals surface area contributed by atoms with Crippen molar-refractivity contribution in [3.05, 3.63) is 54.1 Å². The highest BCUT2D eigenvalue weighted by Gasteiger charge is 2.33. The second-order valence-corrected chi connectivity index (χ2v) is 7.31. The van der Waals surface area contributed by atoms with Gasteiger partial charge in [-0.1, -0.05) is 49.6 Å². The van der Waals surface area contributed by atoms with Crippen LogP contribution in [0.5, 0.6) is 0 Å². The summed E-state index contributed by atoms with van der Waals surface area (Å²) in [6.45, 7) is 2.18. The molecule has 1 fully saturated rings. The van der Waals surface area contributed by atoms with Gasteiger partial charge in [0.15, 0.2) is 0 Å². The molecule has 126 valence electrons. The van der Waals surface area contributed by atoms with Crippen molar-refractivity contribution in [3.63, 3.8) is 0 Å². The van der Waals surface area contributed by atoms with Crippen molar-refractivity contribution in [2.24, 2.45) is 5.92 Å². The number of nitrogens with zero attached hydrogens (tertiary/aromatic N) is 2. The van der Waals surface area contributed by atoms with Crippen molar-refractivity contribution in [1.29, 1.82) is 0 Å². The maximum absolute atomic E-state index is 10.9. The van der Waals surface area contributed by atoms with Gasteiger partial charge < -0.3 is 9.67 Å². The summed E-state index contributed by atoms with van der Waals surface area (Å²) in [5.74, 6) is 0.462. The molecule has 0 saturated heterocycles. The summed E-state index contributed by atoms with van der Waals surface area (Å²) >= 11 is 0. The molecule has 4 rings (SSSR count). The summed E-state index contributed by atoms with van der Waals surface area (Å²) in [6, 6.07) is 10.8. The van der Waals surface area contributed by atoms with Crippen LogP contribution in [0.3, 0.4) is 0 Å². The SMILES string of the molecule is CC1=C(c2ccccc2)C(CC(O)C2CCCCC2)n2cncc21. The standard InChI is InChI=1S/C21H26N2O/c1-15-19-13-22-14-23(19)18(21(15)17-10-6-3-7-11-17)12-20(24)16-8-4-2-5-9-16/h3,6-7,10-11,13-14,16,18,20,24H,2,4-5,8-9,12H2,1H3. The van der Waals surface area contributed by atoms with Crippen LogP contribution < -0.4 is 0 Å². The number of hydrogen-bond donors (Lipinski definition) is 1. The molecule has 0 spiro atoms. The van der Waals surface area contributed by atoms with Crippen LogP contribution in [0.4, 0.5) is 0 Å². The Morgan fingerprint density at radius 2 is 1.92 bits per heavy atom. The largest absolute Gasteiger partial charge is 0.393 e. The van der Waals surface area contributed by atoms with Gasteiger partial charge in [-0.05, 0) is 48.8 Å². The van der Waals surface area contributed by atoms with Crippen LogP contribution in [-0.4, -0.2) is 20.8 Å². The summed E-state index contributed by atoms with van der Waals surface area (Å²) < 4.78 is 2.25. The molecule has 3 nitrogen and oxygen atoms in total. The molecule has 2 aromatic rings. The van der Waals surface area contributed by atoms with E-state index in [2.05, 4.69) is 46.8 Å². The fourth-order valence-electron chi connectivity index (χ4n) is 4.57. The van der Waals surface area contributed by atoms with E-state index in [0.29, 0.717) is 5.92 Å². The number of aliphatic hydroxyl groups is 1. The van der Waals surface area contributed by atoms with Crippen LogP contribution in [-0.2, 0) is 0 Å². The van der Waals surface area contributed by atoms with Gasteiger partial charge in [-0.15, -0.1) is 0 Å². The summed E-state index contributed by atoms with van der Waals surface area (Å²) in [7, 11) is 0. The Morgan fingerprint density at radius 1 is 1.17 bits per heavy atom. The second kappa shape index (κ2) is 6.56. The topological polar surface area (TPSA) is 38.0 Å². The quantitative estimate of drug-likeness (QED) is 0.886. The molecule has 1 saturated carbocycles. The first-order valence-electron chi connectivity index (χ1n) is 9.22. The first-order chi connectivity index (χ1) is 11.8. The molecule has 0 radical (unpaired) electrons. The minimum absolute atomic E-state index is 0.196. The van der Waals surface area contributed by atoms with Gasteiger partial charge in [-0.2, -0.15) is 0 Å². The van der Waals surface area contributed by atoms with E-state index >= 15 is 0 Å². The van der Waals surface area contributed by atoms with Gasteiger partial charge in [0.05, 0.1) is 30.4 Å². The van der Waals surface area contributed by atoms with Crippen LogP contribution in [0.1, 0.15) is 62.7 Å². The van der Waals surface area contributed by atoms with Crippen molar-refractivity contribution >= 4 is 11.1 Å². The van der Waals surface area contributed by atoms with Crippen molar-refractivity contribution in [1.82, 2.24) is 9.55 Å². The van der Waals surface area contributed by atoms with Gasteiger partial charge in [0.1, 0.15) is 0 Å². The van der Waals surface area contributed by atoms with Crippen molar-refractivity contribution in [2.75, 3.05) is 0 Å². The van der Waals surface area contributed by atoms with Gasteiger partial charge in [0, 0.05) is 0 Å². The number of aromatic nitrogens is 2. The Balaban J connectivity index is 1.64. The van der Waals surface area contributed by atoms with E-state index in [9.17, 15) is 5.11 Å². The molecule has 2 heterocycles. The number of aliphatic hydroxyl groups excluding tert-OH is 1. The number of rotatable bonds is 4. The third kappa shape index (κ3) is 2.71. The van der Waals surface area contributed by atoms with E-state index in [1.54, 1.807) is 0 Å². The van der Waals surface area contributed by atoms with Gasteiger partial charge in [-0.3, -0.25) is 0 Å². The maximum Gasteiger partial charge on any atom is 0.0956 e. The Hall–Kier alpha value is -1.87. The van der Waals surface area contributed by atoms with Gasteiger partial charge in [0.2, 0.25) is 0 Å². The molecule has 0 amide bonds. The third-order valence-corrected chi connectivity index (χ3v) is 5.87. The summed E-state index contributed by atoms with van der Waals surface area (Å²) in [4.78, 5) is 4.34. The normalized spacial score (nSPS) is 22.7. The van der Waals surface area contributed by atoms with E-state index in [-0.39, 0.29) is 12.1 Å². The minimum atomic E-state index is -0.227. The zero-order valence-corrected chi connectivity index (χ0v) is 14.4. The average Bonchev–Trinajstić information content (AvgIpc) is 3.20. The summed E-state index contributed by atoms with van der Waals surface area (Å²) in [6.07, 6.45) is 10.6. The molecule has 24 heavy (non-hydrogen) atoms. The van der Waals surface area contributed by atoms with Crippen molar-refractivity contribution in [3.8, 4) is 0 Å². The molecule has 1 aromatic heterocycles. The highest BCUT2D eigenvalue weighted by Crippen LogP contribution is 2.45. The number of allylic oxidation sites excluding steroid dienone is 2. The molecule has 2 unspecified atom stereocenters. The fraction of sp³-hybridized carbons (Fsp3) is 0.476. The molecular formula is C21H26N2O. The lowest BCUT2D eigenvalue weighted by molar-refractivity contribution is 0.0699. The Kier molecular flexibility index (Phi) is 4.28. The zero-order valence-electron chi connectivity index (χ0n) is 14.4. The van der Waals surface area contributed by atoms with Gasteiger partial charge >= 0.3 is 0 Å². The minimum Gasteiger partial charge on any atom is -0.393 e. The summed E-state index contributed by atoms with van der Waals surface area (Å²) in [5, 5.41) is 10.9. The third-order valence-electron chi connectivity index (χ3n) is 5.87. The molecule has 1 aliphatic heterocycles. The number of benzene rings is 1. The van der Waals surface area contributed by atoms with Crippen LogP contribution in [0.25, 0.3) is 11.1 Å². The molecule has 1 aliphatic carbocycles.